The molecule has 0 saturated heterocycles. The average molecular weight is 307 g/mol. The molecule has 0 aliphatic rings. The van der Waals surface area contributed by atoms with Gasteiger partial charge in [-0.25, -0.2) is 0 Å². The number of phenols is 1. The lowest BCUT2D eigenvalue weighted by Gasteiger charge is -2.02. The lowest BCUT2D eigenvalue weighted by molar-refractivity contribution is -0.384. The highest BCUT2D eigenvalue weighted by Gasteiger charge is 2.14. The fourth-order valence-corrected chi connectivity index (χ4v) is 1.58. The number of non-ortho nitro benzene ring substituents is 1. The van der Waals surface area contributed by atoms with E-state index in [0.717, 1.165) is 6.07 Å². The van der Waals surface area contributed by atoms with Crippen molar-refractivity contribution < 1.29 is 14.8 Å². The molecule has 14 heavy (non-hydrogen) atoms. The van der Waals surface area contributed by atoms with Gasteiger partial charge >= 0.3 is 0 Å². The summed E-state index contributed by atoms with van der Waals surface area (Å²) in [5, 5.41) is 19.9. The van der Waals surface area contributed by atoms with Crippen molar-refractivity contribution in [3.8, 4) is 5.75 Å². The van der Waals surface area contributed by atoms with Crippen molar-refractivity contribution in [2.24, 2.45) is 0 Å². The number of nitro benzene ring substituents is 1. The minimum atomic E-state index is -0.595. The summed E-state index contributed by atoms with van der Waals surface area (Å²) < 4.78 is 0.409. The molecule has 0 amide bonds. The Bertz CT molecular complexity index is 391. The van der Waals surface area contributed by atoms with Crippen LogP contribution in [-0.4, -0.2) is 16.3 Å². The first kappa shape index (κ1) is 10.9. The topological polar surface area (TPSA) is 80.4 Å². The van der Waals surface area contributed by atoms with Crippen LogP contribution in [0.4, 0.5) is 5.69 Å². The Balaban J connectivity index is 3.39. The number of halogens is 1. The number of aromatic hydroxyl groups is 1. The molecular formula is C8H6INO4. The van der Waals surface area contributed by atoms with Crippen LogP contribution in [0.2, 0.25) is 0 Å². The highest BCUT2D eigenvalue weighted by Crippen LogP contribution is 2.28. The summed E-state index contributed by atoms with van der Waals surface area (Å²) in [6, 6.07) is 2.31. The molecule has 0 spiro atoms. The van der Waals surface area contributed by atoms with Gasteiger partial charge in [0, 0.05) is 22.1 Å². The summed E-state index contributed by atoms with van der Waals surface area (Å²) in [6.45, 7) is 0. The number of alkyl halides is 1. The molecule has 0 aromatic heterocycles. The largest absolute Gasteiger partial charge is 0.507 e. The molecule has 0 radical (unpaired) electrons. The van der Waals surface area contributed by atoms with Gasteiger partial charge in [0.25, 0.3) is 5.69 Å². The fraction of sp³-hybridized carbons (Fsp3) is 0.125. The Morgan fingerprint density at radius 2 is 2.21 bits per heavy atom. The number of benzene rings is 1. The van der Waals surface area contributed by atoms with Crippen molar-refractivity contribution >= 4 is 34.6 Å². The van der Waals surface area contributed by atoms with E-state index in [4.69, 9.17) is 0 Å². The molecule has 0 unspecified atom stereocenters. The van der Waals surface area contributed by atoms with Crippen LogP contribution in [0.3, 0.4) is 0 Å². The van der Waals surface area contributed by atoms with Crippen molar-refractivity contribution in [3.63, 3.8) is 0 Å². The van der Waals surface area contributed by atoms with E-state index < -0.39 is 4.92 Å². The van der Waals surface area contributed by atoms with Crippen LogP contribution in [0.1, 0.15) is 15.9 Å². The van der Waals surface area contributed by atoms with Gasteiger partial charge in [0.15, 0.2) is 6.29 Å². The maximum atomic E-state index is 10.5. The lowest BCUT2D eigenvalue weighted by Crippen LogP contribution is -1.93. The van der Waals surface area contributed by atoms with Crippen molar-refractivity contribution in [1.82, 2.24) is 0 Å². The number of carbonyl (C=O) groups is 1. The Morgan fingerprint density at radius 3 is 2.64 bits per heavy atom. The number of nitro groups is 1. The second kappa shape index (κ2) is 4.36. The van der Waals surface area contributed by atoms with Crippen molar-refractivity contribution in [2.45, 2.75) is 4.43 Å². The summed E-state index contributed by atoms with van der Waals surface area (Å²) in [6.07, 6.45) is 0.401. The predicted molar refractivity (Wildman–Crippen MR) is 57.9 cm³/mol. The van der Waals surface area contributed by atoms with Gasteiger partial charge in [0.1, 0.15) is 5.75 Å². The first-order valence-electron chi connectivity index (χ1n) is 3.61. The minimum Gasteiger partial charge on any atom is -0.507 e. The third-order valence-corrected chi connectivity index (χ3v) is 2.51. The number of carbonyl (C=O) groups excluding carboxylic acids is 1. The second-order valence-electron chi connectivity index (χ2n) is 2.55. The van der Waals surface area contributed by atoms with Gasteiger partial charge in [0.05, 0.1) is 10.5 Å². The third kappa shape index (κ3) is 2.00. The van der Waals surface area contributed by atoms with E-state index in [1.165, 1.54) is 6.07 Å². The Kier molecular flexibility index (Phi) is 3.39. The van der Waals surface area contributed by atoms with E-state index >= 15 is 0 Å². The second-order valence-corrected chi connectivity index (χ2v) is 3.31. The van der Waals surface area contributed by atoms with Gasteiger partial charge in [-0.15, -0.1) is 0 Å². The van der Waals surface area contributed by atoms with Gasteiger partial charge in [-0.1, -0.05) is 22.6 Å². The van der Waals surface area contributed by atoms with E-state index in [2.05, 4.69) is 0 Å². The fourth-order valence-electron chi connectivity index (χ4n) is 0.999. The smallest absolute Gasteiger partial charge is 0.270 e. The Hall–Kier alpha value is -1.18. The zero-order chi connectivity index (χ0) is 10.7. The number of rotatable bonds is 3. The summed E-state index contributed by atoms with van der Waals surface area (Å²) in [4.78, 5) is 20.3. The van der Waals surface area contributed by atoms with Crippen LogP contribution in [0, 0.1) is 10.1 Å². The van der Waals surface area contributed by atoms with E-state index in [1.807, 2.05) is 22.6 Å². The quantitative estimate of drug-likeness (QED) is 0.305. The number of hydrogen-bond donors (Lipinski definition) is 1. The first-order chi connectivity index (χ1) is 6.60. The summed E-state index contributed by atoms with van der Waals surface area (Å²) in [7, 11) is 0. The Labute approximate surface area is 93.0 Å². The summed E-state index contributed by atoms with van der Waals surface area (Å²) in [5.74, 6) is -0.181. The van der Waals surface area contributed by atoms with Crippen molar-refractivity contribution in [2.75, 3.05) is 0 Å². The molecule has 1 N–H and O–H groups in total. The molecule has 0 aliphatic heterocycles. The molecule has 0 atom stereocenters. The molecule has 0 saturated carbocycles. The van der Waals surface area contributed by atoms with Gasteiger partial charge in [-0.05, 0) is 0 Å². The predicted octanol–water partition coefficient (Wildman–Crippen LogP) is 2.05. The highest BCUT2D eigenvalue weighted by atomic mass is 127. The third-order valence-electron chi connectivity index (χ3n) is 1.68. The summed E-state index contributed by atoms with van der Waals surface area (Å²) >= 11 is 1.95. The standard InChI is InChI=1S/C8H6INO4/c9-3-5-1-7(10(13)14)2-6(4-11)8(5)12/h1-2,4,12H,3H2. The van der Waals surface area contributed by atoms with Crippen LogP contribution in [0.25, 0.3) is 0 Å². The zero-order valence-corrected chi connectivity index (χ0v) is 9.09. The van der Waals surface area contributed by atoms with E-state index in [9.17, 15) is 20.0 Å². The molecule has 74 valence electrons. The van der Waals surface area contributed by atoms with E-state index in [-0.39, 0.29) is 17.0 Å². The number of hydrogen-bond acceptors (Lipinski definition) is 4. The van der Waals surface area contributed by atoms with Gasteiger partial charge in [-0.3, -0.25) is 14.9 Å². The van der Waals surface area contributed by atoms with Crippen LogP contribution in [0.5, 0.6) is 5.75 Å². The monoisotopic (exact) mass is 307 g/mol. The number of aldehydes is 1. The normalized spacial score (nSPS) is 9.79. The molecule has 0 fully saturated rings. The average Bonchev–Trinajstić information content (AvgIpc) is 2.17. The molecule has 1 rings (SSSR count). The molecular weight excluding hydrogens is 301 g/mol. The van der Waals surface area contributed by atoms with Gasteiger partial charge in [0.2, 0.25) is 0 Å². The SMILES string of the molecule is O=Cc1cc([N+](=O)[O-])cc(CI)c1O. The molecule has 0 aliphatic carbocycles. The van der Waals surface area contributed by atoms with E-state index in [0.29, 0.717) is 16.3 Å². The van der Waals surface area contributed by atoms with Crippen molar-refractivity contribution in [3.05, 3.63) is 33.4 Å². The zero-order valence-electron chi connectivity index (χ0n) is 6.94. The van der Waals surface area contributed by atoms with Gasteiger partial charge < -0.3 is 5.11 Å². The molecule has 1 aromatic rings. The number of phenolic OH excluding ortho intramolecular Hbond substituents is 1. The molecule has 6 heteroatoms. The highest BCUT2D eigenvalue weighted by molar-refractivity contribution is 14.1. The van der Waals surface area contributed by atoms with Crippen LogP contribution >= 0.6 is 22.6 Å². The molecule has 1 aromatic carbocycles. The van der Waals surface area contributed by atoms with E-state index in [1.54, 1.807) is 0 Å². The van der Waals surface area contributed by atoms with Crippen LogP contribution in [-0.2, 0) is 4.43 Å². The number of nitrogens with zero attached hydrogens (tertiary/aromatic N) is 1. The molecule has 0 bridgehead atoms. The Morgan fingerprint density at radius 1 is 1.57 bits per heavy atom. The molecule has 0 heterocycles. The van der Waals surface area contributed by atoms with Crippen LogP contribution < -0.4 is 0 Å². The maximum absolute atomic E-state index is 10.5. The first-order valence-corrected chi connectivity index (χ1v) is 5.14. The van der Waals surface area contributed by atoms with Gasteiger partial charge in [-0.2, -0.15) is 0 Å². The molecule has 5 nitrogen and oxygen atoms in total. The summed E-state index contributed by atoms with van der Waals surface area (Å²) in [5.41, 5.74) is 0.157. The maximum Gasteiger partial charge on any atom is 0.270 e. The van der Waals surface area contributed by atoms with Crippen LogP contribution in [0.15, 0.2) is 12.1 Å². The lowest BCUT2D eigenvalue weighted by atomic mass is 10.1. The van der Waals surface area contributed by atoms with Crippen molar-refractivity contribution in [1.29, 1.82) is 0 Å². The minimum absolute atomic E-state index is 0.0501.